The maximum absolute atomic E-state index is 11.1. The molecule has 0 aliphatic rings. The number of aliphatic carboxylic acids is 4. The fraction of sp³-hybridized carbons (Fsp3) is 0.188. The van der Waals surface area contributed by atoms with Gasteiger partial charge in [0.15, 0.2) is 0 Å². The van der Waals surface area contributed by atoms with Crippen molar-refractivity contribution < 1.29 is 39.6 Å². The zero-order valence-corrected chi connectivity index (χ0v) is 22.4. The van der Waals surface area contributed by atoms with E-state index in [0.29, 0.717) is 66.8 Å². The van der Waals surface area contributed by atoms with E-state index < -0.39 is 23.9 Å². The summed E-state index contributed by atoms with van der Waals surface area (Å²) < 4.78 is 0. The number of benzene rings is 2. The lowest BCUT2D eigenvalue weighted by molar-refractivity contribution is -0.131. The smallest absolute Gasteiger partial charge is 0.382 e. The summed E-state index contributed by atoms with van der Waals surface area (Å²) in [5.41, 5.74) is 5.44. The Morgan fingerprint density at radius 3 is 0.650 bits per heavy atom. The van der Waals surface area contributed by atoms with Crippen molar-refractivity contribution in [3.8, 4) is 59.2 Å². The van der Waals surface area contributed by atoms with Crippen molar-refractivity contribution in [1.29, 1.82) is 0 Å². The molecule has 4 N–H and O–H groups in total. The van der Waals surface area contributed by atoms with E-state index in [4.69, 9.17) is 20.4 Å². The van der Waals surface area contributed by atoms with E-state index in [9.17, 15) is 19.2 Å². The Balaban J connectivity index is 3.06. The molecule has 0 unspecified atom stereocenters. The minimum atomic E-state index is -1.35. The fourth-order valence-corrected chi connectivity index (χ4v) is 4.15. The van der Waals surface area contributed by atoms with Gasteiger partial charge in [-0.25, -0.2) is 19.2 Å². The Hall–Kier alpha value is -5.88. The van der Waals surface area contributed by atoms with Crippen molar-refractivity contribution in [2.24, 2.45) is 0 Å². The molecular weight excluding hydrogens is 512 g/mol. The lowest BCUT2D eigenvalue weighted by Gasteiger charge is -2.15. The van der Waals surface area contributed by atoms with Crippen LogP contribution >= 0.6 is 0 Å². The topological polar surface area (TPSA) is 149 Å². The lowest BCUT2D eigenvalue weighted by atomic mass is 9.87. The average molecular weight is 535 g/mol. The van der Waals surface area contributed by atoms with E-state index in [1.807, 2.05) is 0 Å². The first kappa shape index (κ1) is 30.3. The summed E-state index contributed by atoms with van der Waals surface area (Å²) >= 11 is 0. The molecule has 0 aromatic heterocycles. The van der Waals surface area contributed by atoms with Gasteiger partial charge in [-0.2, -0.15) is 0 Å². The summed E-state index contributed by atoms with van der Waals surface area (Å²) in [7, 11) is 0. The predicted molar refractivity (Wildman–Crippen MR) is 145 cm³/mol. The molecule has 0 saturated carbocycles. The van der Waals surface area contributed by atoms with E-state index in [-0.39, 0.29) is 0 Å². The van der Waals surface area contributed by atoms with Crippen LogP contribution in [-0.4, -0.2) is 44.3 Å². The zero-order chi connectivity index (χ0) is 30.3. The Kier molecular flexibility index (Phi) is 9.54. The van der Waals surface area contributed by atoms with Gasteiger partial charge in [0, 0.05) is 57.1 Å². The van der Waals surface area contributed by atoms with E-state index in [2.05, 4.69) is 59.2 Å². The Morgan fingerprint density at radius 1 is 0.350 bits per heavy atom. The Labute approximate surface area is 231 Å². The largest absolute Gasteiger partial charge is 0.472 e. The molecule has 2 aromatic carbocycles. The van der Waals surface area contributed by atoms with Gasteiger partial charge >= 0.3 is 23.9 Å². The highest BCUT2D eigenvalue weighted by atomic mass is 16.4. The van der Waals surface area contributed by atoms with Crippen molar-refractivity contribution in [3.63, 3.8) is 0 Å². The molecule has 40 heavy (non-hydrogen) atoms. The number of carboxylic acid groups (broad SMARTS) is 4. The van der Waals surface area contributed by atoms with Crippen LogP contribution in [0.3, 0.4) is 0 Å². The molecule has 0 heterocycles. The van der Waals surface area contributed by atoms with Crippen LogP contribution in [0.1, 0.15) is 66.8 Å². The maximum Gasteiger partial charge on any atom is 0.382 e. The normalized spacial score (nSPS) is 9.05. The number of carboxylic acids is 4. The molecule has 0 aliphatic carbocycles. The molecule has 2 aromatic rings. The maximum atomic E-state index is 11.1. The van der Waals surface area contributed by atoms with Gasteiger partial charge in [-0.15, -0.1) is 0 Å². The summed E-state index contributed by atoms with van der Waals surface area (Å²) in [4.78, 5) is 44.4. The van der Waals surface area contributed by atoms with Crippen molar-refractivity contribution in [2.75, 3.05) is 0 Å². The first-order chi connectivity index (χ1) is 18.7. The Bertz CT molecular complexity index is 1580. The van der Waals surface area contributed by atoms with Gasteiger partial charge < -0.3 is 20.4 Å². The molecule has 198 valence electrons. The van der Waals surface area contributed by atoms with Crippen LogP contribution < -0.4 is 0 Å². The molecule has 8 heteroatoms. The van der Waals surface area contributed by atoms with Gasteiger partial charge in [0.25, 0.3) is 0 Å². The predicted octanol–water partition coefficient (Wildman–Crippen LogP) is 2.68. The van der Waals surface area contributed by atoms with Crippen LogP contribution in [0.25, 0.3) is 0 Å². The van der Waals surface area contributed by atoms with Gasteiger partial charge in [0.2, 0.25) is 0 Å². The molecule has 2 rings (SSSR count). The monoisotopic (exact) mass is 534 g/mol. The fourth-order valence-electron chi connectivity index (χ4n) is 4.15. The standard InChI is InChI=1S/C32H22O8/c1-17-23(18(2)26(10-14-30(35)36)21(5)25(17)9-13-29(33)34)7-8-24-19(3)27(11-15-31(37)38)22(6)28(20(24)4)12-16-32(39)40/h1-6H3,(H,33,34)(H,35,36)(H,37,38)(H,39,40). The second kappa shape index (κ2) is 12.6. The van der Waals surface area contributed by atoms with Gasteiger partial charge in [0.05, 0.1) is 0 Å². The minimum absolute atomic E-state index is 0.338. The molecule has 8 nitrogen and oxygen atoms in total. The summed E-state index contributed by atoms with van der Waals surface area (Å²) in [5.74, 6) is 19.4. The summed E-state index contributed by atoms with van der Waals surface area (Å²) in [6, 6.07) is 0. The van der Waals surface area contributed by atoms with E-state index in [1.165, 1.54) is 0 Å². The van der Waals surface area contributed by atoms with Gasteiger partial charge in [-0.1, -0.05) is 35.5 Å². The minimum Gasteiger partial charge on any atom is -0.472 e. The highest BCUT2D eigenvalue weighted by molar-refractivity contribution is 5.90. The molecule has 0 saturated heterocycles. The number of hydrogen-bond donors (Lipinski definition) is 4. The summed E-state index contributed by atoms with van der Waals surface area (Å²) in [6.07, 6.45) is 0. The van der Waals surface area contributed by atoms with Crippen LogP contribution in [0.15, 0.2) is 0 Å². The average Bonchev–Trinajstić information content (AvgIpc) is 2.84. The van der Waals surface area contributed by atoms with Crippen molar-refractivity contribution in [3.05, 3.63) is 66.8 Å². The van der Waals surface area contributed by atoms with E-state index in [1.54, 1.807) is 41.5 Å². The van der Waals surface area contributed by atoms with Crippen LogP contribution in [0.4, 0.5) is 0 Å². The number of carbonyl (C=O) groups is 4. The van der Waals surface area contributed by atoms with Crippen molar-refractivity contribution in [1.82, 2.24) is 0 Å². The van der Waals surface area contributed by atoms with E-state index in [0.717, 1.165) is 0 Å². The SMILES string of the molecule is Cc1c(C#CC(=O)O)c(C)c(C#Cc2c(C)c(C#CC(=O)O)c(C)c(C#CC(=O)O)c2C)c(C)c1C#CC(=O)O. The molecule has 0 atom stereocenters. The number of rotatable bonds is 0. The summed E-state index contributed by atoms with van der Waals surface area (Å²) in [5, 5.41) is 36.3. The summed E-state index contributed by atoms with van der Waals surface area (Å²) in [6.45, 7) is 10.1. The Morgan fingerprint density at radius 2 is 0.500 bits per heavy atom. The van der Waals surface area contributed by atoms with Gasteiger partial charge in [-0.05, 0) is 74.9 Å². The second-order valence-electron chi connectivity index (χ2n) is 8.47. The van der Waals surface area contributed by atoms with Crippen molar-refractivity contribution >= 4 is 23.9 Å². The quantitative estimate of drug-likeness (QED) is 0.377. The molecule has 0 bridgehead atoms. The highest BCUT2D eigenvalue weighted by Crippen LogP contribution is 2.28. The van der Waals surface area contributed by atoms with Crippen molar-refractivity contribution in [2.45, 2.75) is 41.5 Å². The molecular formula is C32H22O8. The zero-order valence-electron chi connectivity index (χ0n) is 22.4. The lowest BCUT2D eigenvalue weighted by Crippen LogP contribution is -2.04. The molecule has 0 spiro atoms. The first-order valence-corrected chi connectivity index (χ1v) is 11.5. The van der Waals surface area contributed by atoms with Gasteiger partial charge in [-0.3, -0.25) is 0 Å². The number of hydrogen-bond acceptors (Lipinski definition) is 4. The van der Waals surface area contributed by atoms with Crippen LogP contribution in [0.5, 0.6) is 0 Å². The molecule has 0 aliphatic heterocycles. The molecule has 0 radical (unpaired) electrons. The molecule has 0 fully saturated rings. The second-order valence-corrected chi connectivity index (χ2v) is 8.47. The van der Waals surface area contributed by atoms with E-state index >= 15 is 0 Å². The highest BCUT2D eigenvalue weighted by Gasteiger charge is 2.17. The van der Waals surface area contributed by atoms with Crippen LogP contribution in [0.2, 0.25) is 0 Å². The third-order valence-electron chi connectivity index (χ3n) is 5.99. The van der Waals surface area contributed by atoms with Crippen LogP contribution in [0, 0.1) is 101 Å². The molecule has 0 amide bonds. The third kappa shape index (κ3) is 6.90. The first-order valence-electron chi connectivity index (χ1n) is 11.5. The third-order valence-corrected chi connectivity index (χ3v) is 5.99. The van der Waals surface area contributed by atoms with Gasteiger partial charge in [0.1, 0.15) is 0 Å². The van der Waals surface area contributed by atoms with Crippen LogP contribution in [-0.2, 0) is 19.2 Å².